The molecular weight excluding hydrogens is 198 g/mol. The summed E-state index contributed by atoms with van der Waals surface area (Å²) in [5.41, 5.74) is 2.28. The Morgan fingerprint density at radius 1 is 1.25 bits per heavy atom. The molecule has 1 heterocycles. The Hall–Kier alpha value is -0.990. The van der Waals surface area contributed by atoms with Crippen LogP contribution in [0.5, 0.6) is 0 Å². The van der Waals surface area contributed by atoms with Crippen LogP contribution in [0.15, 0.2) is 6.20 Å². The average Bonchev–Trinajstić information content (AvgIpc) is 2.45. The number of hydrogen-bond donors (Lipinski definition) is 1. The number of rotatable bonds is 6. The molecule has 0 radical (unpaired) electrons. The number of nitrogens with one attached hydrogen (secondary N) is 1. The smallest absolute Gasteiger partial charge is 0.0825 e. The van der Waals surface area contributed by atoms with Crippen molar-refractivity contribution >= 4 is 5.69 Å². The second-order valence-electron chi connectivity index (χ2n) is 5.35. The van der Waals surface area contributed by atoms with Crippen LogP contribution in [0.4, 0.5) is 5.69 Å². The maximum absolute atomic E-state index is 4.50. The zero-order chi connectivity index (χ0) is 12.1. The first-order valence-corrected chi connectivity index (χ1v) is 6.27. The molecule has 0 amide bonds. The molecule has 0 unspecified atom stereocenters. The lowest BCUT2D eigenvalue weighted by molar-refractivity contribution is 0.481. The number of hydrogen-bond acceptors (Lipinski definition) is 2. The molecule has 92 valence electrons. The largest absolute Gasteiger partial charge is 0.382 e. The van der Waals surface area contributed by atoms with E-state index in [0.717, 1.165) is 24.7 Å². The molecule has 0 saturated heterocycles. The maximum Gasteiger partial charge on any atom is 0.0825 e. The van der Waals surface area contributed by atoms with Crippen LogP contribution >= 0.6 is 0 Å². The normalized spacial score (nSPS) is 11.4. The SMILES string of the molecule is Cc1nn(CC(C)C)cc1NCCC(C)C. The Morgan fingerprint density at radius 3 is 2.50 bits per heavy atom. The maximum atomic E-state index is 4.50. The molecule has 0 atom stereocenters. The van der Waals surface area contributed by atoms with E-state index in [9.17, 15) is 0 Å². The number of anilines is 1. The number of aryl methyl sites for hydroxylation is 1. The van der Waals surface area contributed by atoms with Gasteiger partial charge in [-0.1, -0.05) is 27.7 Å². The van der Waals surface area contributed by atoms with Crippen molar-refractivity contribution in [3.8, 4) is 0 Å². The standard InChI is InChI=1S/C13H25N3/c1-10(2)6-7-14-13-9-16(8-11(3)4)15-12(13)5/h9-11,14H,6-8H2,1-5H3. The predicted molar refractivity (Wildman–Crippen MR) is 69.7 cm³/mol. The van der Waals surface area contributed by atoms with Crippen molar-refractivity contribution in [2.75, 3.05) is 11.9 Å². The summed E-state index contributed by atoms with van der Waals surface area (Å²) < 4.78 is 2.04. The number of nitrogens with zero attached hydrogens (tertiary/aromatic N) is 2. The summed E-state index contributed by atoms with van der Waals surface area (Å²) in [6, 6.07) is 0. The number of aromatic nitrogens is 2. The second-order valence-corrected chi connectivity index (χ2v) is 5.35. The van der Waals surface area contributed by atoms with Gasteiger partial charge in [-0.2, -0.15) is 5.10 Å². The van der Waals surface area contributed by atoms with Crippen molar-refractivity contribution in [2.45, 2.75) is 47.6 Å². The van der Waals surface area contributed by atoms with Gasteiger partial charge in [-0.15, -0.1) is 0 Å². The summed E-state index contributed by atoms with van der Waals surface area (Å²) in [5, 5.41) is 7.96. The Balaban J connectivity index is 2.50. The van der Waals surface area contributed by atoms with E-state index in [1.165, 1.54) is 12.1 Å². The second kappa shape index (κ2) is 5.92. The zero-order valence-electron chi connectivity index (χ0n) is 11.2. The lowest BCUT2D eigenvalue weighted by Crippen LogP contribution is -2.05. The molecule has 16 heavy (non-hydrogen) atoms. The van der Waals surface area contributed by atoms with Gasteiger partial charge in [0.2, 0.25) is 0 Å². The van der Waals surface area contributed by atoms with Crippen molar-refractivity contribution < 1.29 is 0 Å². The molecular formula is C13H25N3. The van der Waals surface area contributed by atoms with Gasteiger partial charge >= 0.3 is 0 Å². The van der Waals surface area contributed by atoms with E-state index in [2.05, 4.69) is 51.2 Å². The Kier molecular flexibility index (Phi) is 4.84. The summed E-state index contributed by atoms with van der Waals surface area (Å²) in [5.74, 6) is 1.39. The van der Waals surface area contributed by atoms with Gasteiger partial charge in [0.15, 0.2) is 0 Å². The van der Waals surface area contributed by atoms with E-state index in [1.807, 2.05) is 4.68 Å². The van der Waals surface area contributed by atoms with E-state index in [0.29, 0.717) is 5.92 Å². The first kappa shape index (κ1) is 13.1. The fourth-order valence-corrected chi connectivity index (χ4v) is 1.65. The van der Waals surface area contributed by atoms with Crippen LogP contribution in [0.1, 0.15) is 39.8 Å². The highest BCUT2D eigenvalue weighted by Gasteiger charge is 2.05. The fourth-order valence-electron chi connectivity index (χ4n) is 1.65. The lowest BCUT2D eigenvalue weighted by Gasteiger charge is -2.06. The lowest BCUT2D eigenvalue weighted by atomic mass is 10.1. The van der Waals surface area contributed by atoms with Crippen molar-refractivity contribution in [1.29, 1.82) is 0 Å². The van der Waals surface area contributed by atoms with Crippen LogP contribution in [-0.2, 0) is 6.54 Å². The molecule has 0 saturated carbocycles. The van der Waals surface area contributed by atoms with Gasteiger partial charge in [0.1, 0.15) is 0 Å². The third-order valence-corrected chi connectivity index (χ3v) is 2.54. The molecule has 0 spiro atoms. The molecule has 1 aromatic heterocycles. The minimum atomic E-state index is 0.641. The van der Waals surface area contributed by atoms with Crippen LogP contribution in [-0.4, -0.2) is 16.3 Å². The monoisotopic (exact) mass is 223 g/mol. The van der Waals surface area contributed by atoms with Gasteiger partial charge in [0.05, 0.1) is 11.4 Å². The van der Waals surface area contributed by atoms with Crippen molar-refractivity contribution in [3.05, 3.63) is 11.9 Å². The summed E-state index contributed by atoms with van der Waals surface area (Å²) in [7, 11) is 0. The van der Waals surface area contributed by atoms with E-state index in [4.69, 9.17) is 0 Å². The van der Waals surface area contributed by atoms with E-state index >= 15 is 0 Å². The summed E-state index contributed by atoms with van der Waals surface area (Å²) in [6.07, 6.45) is 3.32. The van der Waals surface area contributed by atoms with E-state index in [1.54, 1.807) is 0 Å². The van der Waals surface area contributed by atoms with Crippen LogP contribution in [0, 0.1) is 18.8 Å². The minimum Gasteiger partial charge on any atom is -0.382 e. The molecule has 0 fully saturated rings. The molecule has 0 bridgehead atoms. The van der Waals surface area contributed by atoms with E-state index in [-0.39, 0.29) is 0 Å². The highest BCUT2D eigenvalue weighted by molar-refractivity contribution is 5.45. The molecule has 1 N–H and O–H groups in total. The Morgan fingerprint density at radius 2 is 1.94 bits per heavy atom. The summed E-state index contributed by atoms with van der Waals surface area (Å²) >= 11 is 0. The van der Waals surface area contributed by atoms with Crippen molar-refractivity contribution in [1.82, 2.24) is 9.78 Å². The molecule has 0 aliphatic rings. The molecule has 0 aromatic carbocycles. The summed E-state index contributed by atoms with van der Waals surface area (Å²) in [6.45, 7) is 13.0. The minimum absolute atomic E-state index is 0.641. The average molecular weight is 223 g/mol. The topological polar surface area (TPSA) is 29.9 Å². The third-order valence-electron chi connectivity index (χ3n) is 2.54. The molecule has 0 aliphatic carbocycles. The highest BCUT2D eigenvalue weighted by Crippen LogP contribution is 2.14. The van der Waals surface area contributed by atoms with Gasteiger partial charge in [-0.3, -0.25) is 4.68 Å². The first-order chi connectivity index (χ1) is 7.49. The van der Waals surface area contributed by atoms with Crippen LogP contribution in [0.2, 0.25) is 0 Å². The van der Waals surface area contributed by atoms with Crippen LogP contribution < -0.4 is 5.32 Å². The Labute approximate surface area is 99.2 Å². The van der Waals surface area contributed by atoms with Crippen LogP contribution in [0.3, 0.4) is 0 Å². The van der Waals surface area contributed by atoms with Crippen LogP contribution in [0.25, 0.3) is 0 Å². The predicted octanol–water partition coefficient (Wildman–Crippen LogP) is 3.31. The molecule has 3 heteroatoms. The molecule has 3 nitrogen and oxygen atoms in total. The molecule has 1 rings (SSSR count). The fraction of sp³-hybridized carbons (Fsp3) is 0.769. The van der Waals surface area contributed by atoms with Gasteiger partial charge in [0.25, 0.3) is 0 Å². The van der Waals surface area contributed by atoms with Gasteiger partial charge in [-0.25, -0.2) is 0 Å². The Bertz CT molecular complexity index is 313. The van der Waals surface area contributed by atoms with Gasteiger partial charge in [-0.05, 0) is 25.2 Å². The van der Waals surface area contributed by atoms with Gasteiger partial charge in [0, 0.05) is 19.3 Å². The van der Waals surface area contributed by atoms with Crippen molar-refractivity contribution in [3.63, 3.8) is 0 Å². The highest BCUT2D eigenvalue weighted by atomic mass is 15.3. The molecule has 0 aliphatic heterocycles. The third kappa shape index (κ3) is 4.25. The first-order valence-electron chi connectivity index (χ1n) is 6.27. The van der Waals surface area contributed by atoms with E-state index < -0.39 is 0 Å². The van der Waals surface area contributed by atoms with Gasteiger partial charge < -0.3 is 5.32 Å². The quantitative estimate of drug-likeness (QED) is 0.802. The van der Waals surface area contributed by atoms with Crippen molar-refractivity contribution in [2.24, 2.45) is 11.8 Å². The zero-order valence-corrected chi connectivity index (χ0v) is 11.2. The summed E-state index contributed by atoms with van der Waals surface area (Å²) in [4.78, 5) is 0. The molecule has 1 aromatic rings.